The Hall–Kier alpha value is -2.53. The van der Waals surface area contributed by atoms with Crippen LogP contribution in [0.2, 0.25) is 0 Å². The predicted molar refractivity (Wildman–Crippen MR) is 150 cm³/mol. The molecule has 11 nitrogen and oxygen atoms in total. The summed E-state index contributed by atoms with van der Waals surface area (Å²) >= 11 is 9.76. The number of pyridine rings is 2. The van der Waals surface area contributed by atoms with E-state index in [1.165, 1.54) is 29.8 Å². The third kappa shape index (κ3) is 8.76. The lowest BCUT2D eigenvalue weighted by Gasteiger charge is -2.00. The summed E-state index contributed by atoms with van der Waals surface area (Å²) in [5, 5.41) is 9.04. The lowest BCUT2D eigenvalue weighted by atomic mass is 10.3. The molecule has 4 rings (SSSR count). The molecule has 0 aromatic carbocycles. The minimum Gasteiger partial charge on any atom is -0.464 e. The highest BCUT2D eigenvalue weighted by atomic mass is 79.9. The van der Waals surface area contributed by atoms with Crippen LogP contribution < -0.4 is 9.60 Å². The van der Waals surface area contributed by atoms with Crippen molar-refractivity contribution in [2.24, 2.45) is 9.98 Å². The summed E-state index contributed by atoms with van der Waals surface area (Å²) in [4.78, 5) is 30.1. The molecule has 0 aliphatic rings. The number of hydrogen-bond acceptors (Lipinski definition) is 11. The minimum atomic E-state index is -0.487. The zero-order valence-electron chi connectivity index (χ0n) is 20.6. The van der Waals surface area contributed by atoms with Crippen molar-refractivity contribution in [3.8, 4) is 0 Å². The van der Waals surface area contributed by atoms with Crippen molar-refractivity contribution >= 4 is 72.1 Å². The fraction of sp³-hybridized carbons (Fsp3) is 0.261. The molecule has 0 radical (unpaired) electrons. The monoisotopic (exact) mass is 686 g/mol. The SMILES string of the molecule is COCn1cc(Br)sc1=Nc1cccc(C(=O)OC)n1.COCn1cc(Br)sc1=Nc1cccc(CO)n1. The van der Waals surface area contributed by atoms with E-state index in [-0.39, 0.29) is 12.3 Å². The summed E-state index contributed by atoms with van der Waals surface area (Å²) in [7, 11) is 4.56. The minimum absolute atomic E-state index is 0.0877. The molecule has 4 aromatic rings. The second-order valence-electron chi connectivity index (χ2n) is 7.15. The van der Waals surface area contributed by atoms with Crippen LogP contribution in [0.5, 0.6) is 0 Å². The van der Waals surface area contributed by atoms with Crippen molar-refractivity contribution in [3.05, 3.63) is 77.4 Å². The molecule has 38 heavy (non-hydrogen) atoms. The third-order valence-corrected chi connectivity index (χ3v) is 7.42. The van der Waals surface area contributed by atoms with E-state index in [1.807, 2.05) is 27.6 Å². The Labute approximate surface area is 243 Å². The fourth-order valence-electron chi connectivity index (χ4n) is 2.85. The molecule has 0 amide bonds. The zero-order valence-corrected chi connectivity index (χ0v) is 25.4. The van der Waals surface area contributed by atoms with E-state index in [9.17, 15) is 4.79 Å². The first-order valence-electron chi connectivity index (χ1n) is 10.8. The number of carbonyl (C=O) groups is 1. The first-order chi connectivity index (χ1) is 18.4. The van der Waals surface area contributed by atoms with Crippen LogP contribution in [0.1, 0.15) is 16.2 Å². The van der Waals surface area contributed by atoms with Crippen LogP contribution in [0, 0.1) is 0 Å². The quantitative estimate of drug-likeness (QED) is 0.273. The van der Waals surface area contributed by atoms with Gasteiger partial charge in [0.2, 0.25) is 0 Å². The third-order valence-electron chi connectivity index (χ3n) is 4.42. The molecular weight excluding hydrogens is 664 g/mol. The Morgan fingerprint density at radius 2 is 1.42 bits per heavy atom. The number of aliphatic hydroxyl groups is 1. The second kappa shape index (κ2) is 15.2. The van der Waals surface area contributed by atoms with Gasteiger partial charge >= 0.3 is 5.97 Å². The van der Waals surface area contributed by atoms with Crippen molar-refractivity contribution in [2.75, 3.05) is 21.3 Å². The number of halogens is 2. The molecule has 15 heteroatoms. The van der Waals surface area contributed by atoms with E-state index >= 15 is 0 Å². The zero-order chi connectivity index (χ0) is 27.5. The molecule has 0 bridgehead atoms. The molecule has 4 heterocycles. The van der Waals surface area contributed by atoms with Crippen LogP contribution in [-0.4, -0.2) is 51.5 Å². The van der Waals surface area contributed by atoms with E-state index in [1.54, 1.807) is 44.6 Å². The molecule has 202 valence electrons. The van der Waals surface area contributed by atoms with Gasteiger partial charge in [-0.15, -0.1) is 0 Å². The van der Waals surface area contributed by atoms with Gasteiger partial charge in [0.05, 0.1) is 27.0 Å². The van der Waals surface area contributed by atoms with Gasteiger partial charge in [-0.1, -0.05) is 34.8 Å². The molecule has 0 aliphatic heterocycles. The Balaban J connectivity index is 0.000000212. The number of methoxy groups -OCH3 is 3. The summed E-state index contributed by atoms with van der Waals surface area (Å²) in [5.74, 6) is 0.520. The van der Waals surface area contributed by atoms with E-state index in [0.29, 0.717) is 35.6 Å². The first kappa shape index (κ1) is 30.0. The summed E-state index contributed by atoms with van der Waals surface area (Å²) in [6.45, 7) is 0.730. The van der Waals surface area contributed by atoms with Gasteiger partial charge in [0.25, 0.3) is 0 Å². The second-order valence-corrected chi connectivity index (χ2v) is 11.9. The smallest absolute Gasteiger partial charge is 0.356 e. The maximum atomic E-state index is 11.4. The van der Waals surface area contributed by atoms with Gasteiger partial charge in [0.1, 0.15) is 13.5 Å². The maximum Gasteiger partial charge on any atom is 0.356 e. The number of nitrogens with zero attached hydrogens (tertiary/aromatic N) is 6. The Morgan fingerprint density at radius 1 is 0.895 bits per heavy atom. The average molecular weight is 688 g/mol. The molecule has 0 spiro atoms. The number of ether oxygens (including phenoxy) is 3. The Kier molecular flexibility index (Phi) is 12.0. The highest BCUT2D eigenvalue weighted by Crippen LogP contribution is 2.16. The van der Waals surface area contributed by atoms with Crippen molar-refractivity contribution in [3.63, 3.8) is 0 Å². The topological polar surface area (TPSA) is 125 Å². The van der Waals surface area contributed by atoms with E-state index in [2.05, 4.69) is 56.5 Å². The van der Waals surface area contributed by atoms with Gasteiger partial charge in [-0.2, -0.15) is 0 Å². The van der Waals surface area contributed by atoms with Crippen molar-refractivity contribution < 1.29 is 24.1 Å². The van der Waals surface area contributed by atoms with Crippen LogP contribution in [0.15, 0.2) is 66.3 Å². The fourth-order valence-corrected chi connectivity index (χ4v) is 5.65. The number of carbonyl (C=O) groups excluding carboxylic acids is 1. The van der Waals surface area contributed by atoms with Crippen LogP contribution in [-0.2, 0) is 34.3 Å². The number of rotatable bonds is 8. The molecule has 4 aromatic heterocycles. The first-order valence-corrected chi connectivity index (χ1v) is 14.0. The largest absolute Gasteiger partial charge is 0.464 e. The lowest BCUT2D eigenvalue weighted by molar-refractivity contribution is 0.0594. The van der Waals surface area contributed by atoms with Crippen molar-refractivity contribution in [2.45, 2.75) is 20.1 Å². The predicted octanol–water partition coefficient (Wildman–Crippen LogP) is 4.37. The number of hydrogen-bond donors (Lipinski definition) is 1. The maximum absolute atomic E-state index is 11.4. The standard InChI is InChI=1S/C12H12BrN3O3S.C11H12BrN3O2S/c1-18-7-16-6-9(13)20-12(16)15-10-5-3-4-8(14-10)11(17)19-2;1-17-7-15-5-9(12)18-11(15)14-10-4-2-3-8(6-16)13-10/h3-6H,7H2,1-2H3;2-5,16H,6-7H2,1H3. The van der Waals surface area contributed by atoms with Crippen molar-refractivity contribution in [1.82, 2.24) is 19.1 Å². The van der Waals surface area contributed by atoms with Crippen LogP contribution in [0.25, 0.3) is 0 Å². The summed E-state index contributed by atoms with van der Waals surface area (Å²) < 4.78 is 20.4. The van der Waals surface area contributed by atoms with Crippen molar-refractivity contribution in [1.29, 1.82) is 0 Å². The Bertz CT molecular complexity index is 1500. The molecule has 0 fully saturated rings. The normalized spacial score (nSPS) is 11.8. The summed E-state index contributed by atoms with van der Waals surface area (Å²) in [5.41, 5.74) is 0.827. The average Bonchev–Trinajstić information content (AvgIpc) is 3.44. The number of esters is 1. The molecule has 0 aliphatic carbocycles. The molecule has 0 atom stereocenters. The van der Waals surface area contributed by atoms with Crippen LogP contribution in [0.3, 0.4) is 0 Å². The number of aromatic nitrogens is 4. The van der Waals surface area contributed by atoms with Gasteiger partial charge in [0, 0.05) is 26.6 Å². The van der Waals surface area contributed by atoms with E-state index in [0.717, 1.165) is 12.4 Å². The van der Waals surface area contributed by atoms with E-state index < -0.39 is 5.97 Å². The van der Waals surface area contributed by atoms with Gasteiger partial charge in [-0.3, -0.25) is 9.13 Å². The molecule has 0 saturated heterocycles. The van der Waals surface area contributed by atoms with Gasteiger partial charge < -0.3 is 19.3 Å². The number of thiazole rings is 2. The van der Waals surface area contributed by atoms with Crippen LogP contribution in [0.4, 0.5) is 11.6 Å². The summed E-state index contributed by atoms with van der Waals surface area (Å²) in [6.07, 6.45) is 3.78. The molecule has 0 saturated carbocycles. The molecule has 0 unspecified atom stereocenters. The molecular formula is C23H24Br2N6O5S2. The van der Waals surface area contributed by atoms with Gasteiger partial charge in [0.15, 0.2) is 26.9 Å². The molecule has 1 N–H and O–H groups in total. The Morgan fingerprint density at radius 3 is 1.92 bits per heavy atom. The van der Waals surface area contributed by atoms with Gasteiger partial charge in [-0.25, -0.2) is 24.7 Å². The highest BCUT2D eigenvalue weighted by Gasteiger charge is 2.08. The lowest BCUT2D eigenvalue weighted by Crippen LogP contribution is -2.14. The van der Waals surface area contributed by atoms with Crippen LogP contribution >= 0.6 is 54.5 Å². The van der Waals surface area contributed by atoms with Gasteiger partial charge in [-0.05, 0) is 56.1 Å². The van der Waals surface area contributed by atoms with E-state index in [4.69, 9.17) is 14.6 Å². The number of aliphatic hydroxyl groups excluding tert-OH is 1. The summed E-state index contributed by atoms with van der Waals surface area (Å²) in [6, 6.07) is 10.4. The highest BCUT2D eigenvalue weighted by molar-refractivity contribution is 9.11.